The third-order valence-electron chi connectivity index (χ3n) is 3.67. The molecule has 2 aliphatic rings. The molecule has 2 heterocycles. The summed E-state index contributed by atoms with van der Waals surface area (Å²) in [4.78, 5) is 13.6. The Labute approximate surface area is 85.6 Å². The molecule has 0 aromatic carbocycles. The van der Waals surface area contributed by atoms with E-state index in [4.69, 9.17) is 5.73 Å². The Morgan fingerprint density at radius 1 is 1.07 bits per heavy atom. The smallest absolute Gasteiger partial charge is 0.234 e. The second-order valence-corrected chi connectivity index (χ2v) is 4.59. The van der Waals surface area contributed by atoms with Crippen molar-refractivity contribution in [1.29, 1.82) is 0 Å². The topological polar surface area (TPSA) is 46.3 Å². The van der Waals surface area contributed by atoms with Crippen LogP contribution in [-0.2, 0) is 4.79 Å². The van der Waals surface area contributed by atoms with Crippen LogP contribution in [0.2, 0.25) is 0 Å². The summed E-state index contributed by atoms with van der Waals surface area (Å²) in [5, 5.41) is 0. The van der Waals surface area contributed by atoms with E-state index >= 15 is 0 Å². The molecule has 2 rings (SSSR count). The van der Waals surface area contributed by atoms with Gasteiger partial charge >= 0.3 is 0 Å². The van der Waals surface area contributed by atoms with Crippen LogP contribution in [0, 0.1) is 0 Å². The number of nitrogens with zero attached hydrogens (tertiary/aromatic N) is 1. The van der Waals surface area contributed by atoms with Crippen molar-refractivity contribution in [3.63, 3.8) is 0 Å². The number of carbonyl (C=O) groups excluding carboxylic acids is 1. The van der Waals surface area contributed by atoms with E-state index in [9.17, 15) is 4.79 Å². The molecule has 2 fully saturated rings. The lowest BCUT2D eigenvalue weighted by Gasteiger charge is -2.30. The van der Waals surface area contributed by atoms with E-state index in [1.807, 2.05) is 0 Å². The lowest BCUT2D eigenvalue weighted by molar-refractivity contribution is -0.122. The third-order valence-corrected chi connectivity index (χ3v) is 3.67. The molecule has 1 amide bonds. The summed E-state index contributed by atoms with van der Waals surface area (Å²) in [6, 6.07) is 0.686. The highest BCUT2D eigenvalue weighted by atomic mass is 16.1. The lowest BCUT2D eigenvalue weighted by atomic mass is 10.0. The first-order valence-electron chi connectivity index (χ1n) is 5.84. The Morgan fingerprint density at radius 2 is 1.86 bits per heavy atom. The first-order valence-corrected chi connectivity index (χ1v) is 5.84. The maximum Gasteiger partial charge on any atom is 0.234 e. The fourth-order valence-electron chi connectivity index (χ4n) is 2.92. The van der Waals surface area contributed by atoms with Crippen molar-refractivity contribution in [1.82, 2.24) is 4.90 Å². The average Bonchev–Trinajstić information content (AvgIpc) is 2.47. The van der Waals surface area contributed by atoms with Gasteiger partial charge in [-0.1, -0.05) is 19.3 Å². The standard InChI is InChI=1S/C11H20N2O/c12-11(14)10-7-6-9-5-3-1-2-4-8-13(9)10/h9-10H,1-8H2,(H2,12,14). The molecule has 0 radical (unpaired) electrons. The Bertz CT molecular complexity index is 217. The van der Waals surface area contributed by atoms with Gasteiger partial charge in [0, 0.05) is 6.04 Å². The number of hydrogen-bond acceptors (Lipinski definition) is 2. The van der Waals surface area contributed by atoms with E-state index in [1.165, 1.54) is 38.5 Å². The van der Waals surface area contributed by atoms with E-state index < -0.39 is 0 Å². The van der Waals surface area contributed by atoms with Crippen molar-refractivity contribution in [3.05, 3.63) is 0 Å². The van der Waals surface area contributed by atoms with Gasteiger partial charge in [0.15, 0.2) is 0 Å². The minimum atomic E-state index is -0.118. The Kier molecular flexibility index (Phi) is 3.06. The van der Waals surface area contributed by atoms with Crippen LogP contribution < -0.4 is 5.73 Å². The molecule has 0 bridgehead atoms. The zero-order chi connectivity index (χ0) is 9.97. The Morgan fingerprint density at radius 3 is 2.64 bits per heavy atom. The van der Waals surface area contributed by atoms with Gasteiger partial charge < -0.3 is 5.73 Å². The van der Waals surface area contributed by atoms with Crippen LogP contribution in [0.3, 0.4) is 0 Å². The third kappa shape index (κ3) is 1.92. The van der Waals surface area contributed by atoms with E-state index in [-0.39, 0.29) is 11.9 Å². The lowest BCUT2D eigenvalue weighted by Crippen LogP contribution is -2.44. The van der Waals surface area contributed by atoms with Gasteiger partial charge in [0.1, 0.15) is 0 Å². The molecule has 14 heavy (non-hydrogen) atoms. The van der Waals surface area contributed by atoms with Crippen molar-refractivity contribution in [2.45, 2.75) is 57.0 Å². The van der Waals surface area contributed by atoms with Gasteiger partial charge in [-0.05, 0) is 32.2 Å². The number of carbonyl (C=O) groups is 1. The summed E-state index contributed by atoms with van der Waals surface area (Å²) in [6.45, 7) is 1.08. The summed E-state index contributed by atoms with van der Waals surface area (Å²) in [7, 11) is 0. The van der Waals surface area contributed by atoms with Crippen LogP contribution in [0.1, 0.15) is 44.9 Å². The van der Waals surface area contributed by atoms with Crippen molar-refractivity contribution in [2.24, 2.45) is 5.73 Å². The maximum absolute atomic E-state index is 11.2. The summed E-state index contributed by atoms with van der Waals surface area (Å²) >= 11 is 0. The fourth-order valence-corrected chi connectivity index (χ4v) is 2.92. The number of primary amides is 1. The van der Waals surface area contributed by atoms with Gasteiger partial charge in [0.2, 0.25) is 5.91 Å². The van der Waals surface area contributed by atoms with Crippen molar-refractivity contribution in [2.75, 3.05) is 6.54 Å². The second-order valence-electron chi connectivity index (χ2n) is 4.59. The molecule has 2 atom stereocenters. The predicted molar refractivity (Wildman–Crippen MR) is 55.8 cm³/mol. The number of rotatable bonds is 1. The van der Waals surface area contributed by atoms with Gasteiger partial charge in [0.05, 0.1) is 6.04 Å². The zero-order valence-electron chi connectivity index (χ0n) is 8.74. The van der Waals surface area contributed by atoms with Crippen molar-refractivity contribution >= 4 is 5.91 Å². The minimum absolute atomic E-state index is 0.0399. The van der Waals surface area contributed by atoms with Gasteiger partial charge in [-0.2, -0.15) is 0 Å². The number of nitrogens with two attached hydrogens (primary N) is 1. The Hall–Kier alpha value is -0.570. The molecule has 0 aromatic heterocycles. The summed E-state index contributed by atoms with van der Waals surface area (Å²) in [5.74, 6) is -0.118. The number of amides is 1. The molecule has 2 aliphatic heterocycles. The maximum atomic E-state index is 11.2. The molecule has 2 N–H and O–H groups in total. The molecular formula is C11H20N2O. The predicted octanol–water partition coefficient (Wildman–Crippen LogP) is 1.27. The van der Waals surface area contributed by atoms with Crippen LogP contribution in [0.5, 0.6) is 0 Å². The number of fused-ring (bicyclic) bond motifs is 1. The van der Waals surface area contributed by atoms with Gasteiger partial charge in [-0.25, -0.2) is 0 Å². The van der Waals surface area contributed by atoms with Crippen LogP contribution in [-0.4, -0.2) is 29.4 Å². The largest absolute Gasteiger partial charge is 0.368 e. The molecule has 3 nitrogen and oxygen atoms in total. The highest BCUT2D eigenvalue weighted by Gasteiger charge is 2.36. The fraction of sp³-hybridized carbons (Fsp3) is 0.909. The van der Waals surface area contributed by atoms with Crippen molar-refractivity contribution < 1.29 is 4.79 Å². The summed E-state index contributed by atoms with van der Waals surface area (Å²) in [5.41, 5.74) is 5.41. The zero-order valence-corrected chi connectivity index (χ0v) is 8.74. The highest BCUT2D eigenvalue weighted by molar-refractivity contribution is 5.80. The molecule has 80 valence electrons. The quantitative estimate of drug-likeness (QED) is 0.686. The minimum Gasteiger partial charge on any atom is -0.368 e. The van der Waals surface area contributed by atoms with Gasteiger partial charge in [0.25, 0.3) is 0 Å². The second kappa shape index (κ2) is 4.30. The summed E-state index contributed by atoms with van der Waals surface area (Å²) < 4.78 is 0. The molecular weight excluding hydrogens is 176 g/mol. The Balaban J connectivity index is 2.02. The normalized spacial score (nSPS) is 34.6. The van der Waals surface area contributed by atoms with Crippen LogP contribution in [0.25, 0.3) is 0 Å². The van der Waals surface area contributed by atoms with E-state index in [1.54, 1.807) is 0 Å². The molecule has 0 saturated carbocycles. The monoisotopic (exact) mass is 196 g/mol. The van der Waals surface area contributed by atoms with E-state index in [2.05, 4.69) is 4.90 Å². The molecule has 2 saturated heterocycles. The first kappa shape index (κ1) is 9.97. The van der Waals surface area contributed by atoms with E-state index in [0.717, 1.165) is 13.0 Å². The highest BCUT2D eigenvalue weighted by Crippen LogP contribution is 2.29. The molecule has 0 spiro atoms. The van der Waals surface area contributed by atoms with Crippen molar-refractivity contribution in [3.8, 4) is 0 Å². The SMILES string of the molecule is NC(=O)C1CCC2CCCCCCN21. The van der Waals surface area contributed by atoms with Gasteiger partial charge in [-0.15, -0.1) is 0 Å². The van der Waals surface area contributed by atoms with Crippen LogP contribution in [0.4, 0.5) is 0 Å². The molecule has 2 unspecified atom stereocenters. The number of hydrogen-bond donors (Lipinski definition) is 1. The van der Waals surface area contributed by atoms with E-state index in [0.29, 0.717) is 6.04 Å². The average molecular weight is 196 g/mol. The first-order chi connectivity index (χ1) is 6.79. The van der Waals surface area contributed by atoms with Gasteiger partial charge in [-0.3, -0.25) is 9.69 Å². The summed E-state index contributed by atoms with van der Waals surface area (Å²) in [6.07, 6.45) is 8.67. The van der Waals surface area contributed by atoms with Crippen LogP contribution >= 0.6 is 0 Å². The molecule has 3 heteroatoms. The van der Waals surface area contributed by atoms with Crippen LogP contribution in [0.15, 0.2) is 0 Å². The molecule has 0 aromatic rings. The molecule has 0 aliphatic carbocycles.